The predicted molar refractivity (Wildman–Crippen MR) is 137 cm³/mol. The summed E-state index contributed by atoms with van der Waals surface area (Å²) < 4.78 is 32.7. The molecule has 206 valence electrons. The molecule has 2 fully saturated rings. The second kappa shape index (κ2) is 12.7. The third kappa shape index (κ3) is 7.43. The molecule has 2 heterocycles. The third-order valence-corrected chi connectivity index (χ3v) is 7.20. The number of methoxy groups -OCH3 is 1. The summed E-state index contributed by atoms with van der Waals surface area (Å²) in [4.78, 5) is 41.4. The van der Waals surface area contributed by atoms with E-state index in [1.54, 1.807) is 25.1 Å². The van der Waals surface area contributed by atoms with Gasteiger partial charge in [-0.15, -0.1) is 0 Å². The van der Waals surface area contributed by atoms with Gasteiger partial charge in [0.15, 0.2) is 0 Å². The van der Waals surface area contributed by atoms with Crippen LogP contribution in [0.25, 0.3) is 5.76 Å². The van der Waals surface area contributed by atoms with Gasteiger partial charge in [0.05, 0.1) is 13.2 Å². The molecule has 38 heavy (non-hydrogen) atoms. The maximum Gasteiger partial charge on any atom is 0.268 e. The number of allylic oxidation sites excluding steroid dienone is 2. The van der Waals surface area contributed by atoms with Gasteiger partial charge in [-0.1, -0.05) is 12.7 Å². The van der Waals surface area contributed by atoms with Crippen molar-refractivity contribution in [3.8, 4) is 6.07 Å². The van der Waals surface area contributed by atoms with Crippen LogP contribution in [0.2, 0.25) is 0 Å². The van der Waals surface area contributed by atoms with Gasteiger partial charge in [-0.05, 0) is 57.1 Å². The van der Waals surface area contributed by atoms with Crippen LogP contribution in [0, 0.1) is 30.1 Å². The first-order chi connectivity index (χ1) is 18.1. The number of H-pyrrole nitrogens is 1. The first kappa shape index (κ1) is 28.9. The number of aryl methyl sites for hydroxylation is 1. The molecular weight excluding hydrogens is 496 g/mol. The number of nitriles is 1. The van der Waals surface area contributed by atoms with Gasteiger partial charge in [0.1, 0.15) is 23.5 Å². The highest BCUT2D eigenvalue weighted by atomic mass is 19.3. The van der Waals surface area contributed by atoms with Crippen molar-refractivity contribution in [1.82, 2.24) is 20.9 Å². The fraction of sp³-hybridized carbons (Fsp3) is 0.556. The van der Waals surface area contributed by atoms with E-state index in [4.69, 9.17) is 4.74 Å². The van der Waals surface area contributed by atoms with Crippen LogP contribution in [0.4, 0.5) is 8.78 Å². The minimum Gasteiger partial charge on any atom is -0.496 e. The molecular formula is C27H35F2N5O4. The number of carbonyl (C=O) groups is 3. The molecule has 0 spiro atoms. The highest BCUT2D eigenvalue weighted by Gasteiger charge is 2.37. The quantitative estimate of drug-likeness (QED) is 0.257. The Hall–Kier alpha value is -3.68. The normalized spacial score (nSPS) is 21.1. The lowest BCUT2D eigenvalue weighted by atomic mass is 9.82. The van der Waals surface area contributed by atoms with E-state index in [0.717, 1.165) is 0 Å². The highest BCUT2D eigenvalue weighted by molar-refractivity contribution is 5.97. The van der Waals surface area contributed by atoms with Crippen LogP contribution in [-0.4, -0.2) is 54.4 Å². The number of aromatic amines is 1. The minimum atomic E-state index is -2.72. The molecule has 9 nitrogen and oxygen atoms in total. The lowest BCUT2D eigenvalue weighted by Gasteiger charge is -2.31. The van der Waals surface area contributed by atoms with Crippen LogP contribution in [0.5, 0.6) is 0 Å². The third-order valence-electron chi connectivity index (χ3n) is 7.20. The molecule has 0 radical (unpaired) electrons. The van der Waals surface area contributed by atoms with Gasteiger partial charge in [-0.3, -0.25) is 14.4 Å². The van der Waals surface area contributed by atoms with Gasteiger partial charge in [0.25, 0.3) is 5.91 Å². The van der Waals surface area contributed by atoms with Gasteiger partial charge in [0.2, 0.25) is 17.7 Å². The summed E-state index contributed by atoms with van der Waals surface area (Å²) in [5.74, 6) is -4.10. The molecule has 1 aliphatic carbocycles. The van der Waals surface area contributed by atoms with Crippen LogP contribution in [0.1, 0.15) is 66.7 Å². The fourth-order valence-corrected chi connectivity index (χ4v) is 5.02. The van der Waals surface area contributed by atoms with Crippen molar-refractivity contribution in [2.75, 3.05) is 13.7 Å². The summed E-state index contributed by atoms with van der Waals surface area (Å²) >= 11 is 0. The largest absolute Gasteiger partial charge is 0.496 e. The van der Waals surface area contributed by atoms with Gasteiger partial charge in [-0.2, -0.15) is 5.26 Å². The maximum absolute atomic E-state index is 13.7. The number of nitrogens with zero attached hydrogens (tertiary/aromatic N) is 1. The molecule has 3 atom stereocenters. The number of aromatic nitrogens is 1. The van der Waals surface area contributed by atoms with Crippen LogP contribution < -0.4 is 16.0 Å². The molecule has 11 heteroatoms. The number of ether oxygens (including phenoxy) is 1. The van der Waals surface area contributed by atoms with E-state index in [2.05, 4.69) is 27.5 Å². The molecule has 1 aliphatic heterocycles. The van der Waals surface area contributed by atoms with E-state index in [-0.39, 0.29) is 62.0 Å². The molecule has 3 amide bonds. The molecule has 3 unspecified atom stereocenters. The van der Waals surface area contributed by atoms with Crippen molar-refractivity contribution in [1.29, 1.82) is 5.26 Å². The molecule has 2 aliphatic rings. The molecule has 1 saturated heterocycles. The van der Waals surface area contributed by atoms with Crippen molar-refractivity contribution in [2.24, 2.45) is 11.8 Å². The van der Waals surface area contributed by atoms with E-state index < -0.39 is 29.8 Å². The fourth-order valence-electron chi connectivity index (χ4n) is 5.02. The van der Waals surface area contributed by atoms with Gasteiger partial charge in [-0.25, -0.2) is 8.78 Å². The molecule has 1 aromatic heterocycles. The van der Waals surface area contributed by atoms with Crippen molar-refractivity contribution >= 4 is 23.5 Å². The Morgan fingerprint density at radius 2 is 2.00 bits per heavy atom. The molecule has 0 bridgehead atoms. The van der Waals surface area contributed by atoms with Crippen LogP contribution in [-0.2, 0) is 14.3 Å². The highest BCUT2D eigenvalue weighted by Crippen LogP contribution is 2.38. The van der Waals surface area contributed by atoms with Crippen LogP contribution in [0.15, 0.2) is 24.8 Å². The Kier molecular flexibility index (Phi) is 9.66. The number of rotatable bonds is 11. The standard InChI is InChI=1S/C27H35F2N5O4/c1-4-5-23(38-3)20-14-22(32-16(20)2)26(37)34-21(12-17-6-9-27(28,29)10-7-17)25(36)33-19(15-30)13-18-8-11-31-24(18)35/h4-5,14,17-19,21,32H,1,6-13H2,2-3H3,(H,31,35)(H,33,36)(H,34,37)/b23-5+. The van der Waals surface area contributed by atoms with Crippen molar-refractivity contribution in [2.45, 2.75) is 69.9 Å². The number of carbonyl (C=O) groups excluding carboxylic acids is 3. The number of hydrogen-bond acceptors (Lipinski definition) is 5. The Bertz CT molecular complexity index is 1110. The lowest BCUT2D eigenvalue weighted by molar-refractivity contribution is -0.125. The zero-order valence-electron chi connectivity index (χ0n) is 21.7. The first-order valence-electron chi connectivity index (χ1n) is 12.8. The average molecular weight is 532 g/mol. The van der Waals surface area contributed by atoms with Crippen molar-refractivity contribution in [3.05, 3.63) is 41.7 Å². The van der Waals surface area contributed by atoms with Gasteiger partial charge >= 0.3 is 0 Å². The number of halogens is 2. The molecule has 1 saturated carbocycles. The number of amides is 3. The van der Waals surface area contributed by atoms with Gasteiger partial charge < -0.3 is 25.7 Å². The van der Waals surface area contributed by atoms with Crippen LogP contribution in [0.3, 0.4) is 0 Å². The van der Waals surface area contributed by atoms with Crippen molar-refractivity contribution < 1.29 is 27.9 Å². The molecule has 3 rings (SSSR count). The van der Waals surface area contributed by atoms with Crippen LogP contribution >= 0.6 is 0 Å². The monoisotopic (exact) mass is 531 g/mol. The van der Waals surface area contributed by atoms with Gasteiger partial charge in [0, 0.05) is 36.6 Å². The van der Waals surface area contributed by atoms with Crippen molar-refractivity contribution in [3.63, 3.8) is 0 Å². The lowest BCUT2D eigenvalue weighted by Crippen LogP contribution is -2.51. The Morgan fingerprint density at radius 3 is 2.58 bits per heavy atom. The second-order valence-corrected chi connectivity index (χ2v) is 9.96. The SMILES string of the molecule is C=C/C=C(/OC)c1cc(C(=O)NC(CC2CCC(F)(F)CC2)C(=O)NC(C#N)CC2CCNC2=O)[nH]c1C. The first-order valence-corrected chi connectivity index (χ1v) is 12.8. The number of hydrogen-bond donors (Lipinski definition) is 4. The van der Waals surface area contributed by atoms with E-state index >= 15 is 0 Å². The average Bonchev–Trinajstić information content (AvgIpc) is 3.47. The summed E-state index contributed by atoms with van der Waals surface area (Å²) in [6.45, 7) is 5.94. The molecule has 4 N–H and O–H groups in total. The number of nitrogens with one attached hydrogen (secondary N) is 4. The summed E-state index contributed by atoms with van der Waals surface area (Å²) in [5, 5.41) is 17.7. The Balaban J connectivity index is 1.76. The molecule has 1 aromatic rings. The van der Waals surface area contributed by atoms with E-state index in [0.29, 0.717) is 30.0 Å². The molecule has 0 aromatic carbocycles. The topological polar surface area (TPSA) is 136 Å². The second-order valence-electron chi connectivity index (χ2n) is 9.96. The zero-order valence-corrected chi connectivity index (χ0v) is 21.7. The predicted octanol–water partition coefficient (Wildman–Crippen LogP) is 3.35. The minimum absolute atomic E-state index is 0.152. The summed E-state index contributed by atoms with van der Waals surface area (Å²) in [6, 6.07) is 1.63. The smallest absolute Gasteiger partial charge is 0.268 e. The van der Waals surface area contributed by atoms with E-state index in [1.165, 1.54) is 7.11 Å². The summed E-state index contributed by atoms with van der Waals surface area (Å²) in [7, 11) is 1.50. The van der Waals surface area contributed by atoms with E-state index in [1.807, 2.05) is 6.07 Å². The Morgan fingerprint density at radius 1 is 1.29 bits per heavy atom. The maximum atomic E-state index is 13.7. The summed E-state index contributed by atoms with van der Waals surface area (Å²) in [6.07, 6.45) is 4.00. The number of alkyl halides is 2. The Labute approximate surface area is 221 Å². The summed E-state index contributed by atoms with van der Waals surface area (Å²) in [5.41, 5.74) is 1.50. The zero-order chi connectivity index (χ0) is 27.9. The van der Waals surface area contributed by atoms with E-state index in [9.17, 15) is 28.4 Å².